The van der Waals surface area contributed by atoms with Gasteiger partial charge in [0.05, 0.1) is 5.60 Å². The average molecular weight is 264 g/mol. The van der Waals surface area contributed by atoms with Crippen molar-refractivity contribution < 1.29 is 5.11 Å². The highest BCUT2D eigenvalue weighted by Gasteiger charge is 2.30. The third-order valence-corrected chi connectivity index (χ3v) is 3.63. The van der Waals surface area contributed by atoms with Crippen LogP contribution in [0.25, 0.3) is 0 Å². The Bertz CT molecular complexity index is 433. The standard InChI is InChI=1S/C14H24N4O/c1-4-6-11-12(15-3)16-10-17-13(11)18-8-5-7-14(2,19)9-18/h10,19H,4-9H2,1-3H3,(H,15,16,17). The number of rotatable bonds is 4. The molecule has 1 unspecified atom stereocenters. The number of aliphatic hydroxyl groups is 1. The summed E-state index contributed by atoms with van der Waals surface area (Å²) in [5.41, 5.74) is 0.539. The Balaban J connectivity index is 2.32. The maximum atomic E-state index is 10.3. The molecule has 1 aromatic rings. The van der Waals surface area contributed by atoms with Crippen LogP contribution < -0.4 is 10.2 Å². The van der Waals surface area contributed by atoms with E-state index >= 15 is 0 Å². The number of nitrogens with one attached hydrogen (secondary N) is 1. The number of anilines is 2. The van der Waals surface area contributed by atoms with Crippen LogP contribution in [0.4, 0.5) is 11.6 Å². The molecule has 0 saturated carbocycles. The second-order valence-corrected chi connectivity index (χ2v) is 5.55. The second kappa shape index (κ2) is 5.74. The average Bonchev–Trinajstić information content (AvgIpc) is 2.38. The number of hydrogen-bond donors (Lipinski definition) is 2. The maximum absolute atomic E-state index is 10.3. The minimum absolute atomic E-state index is 0.619. The largest absolute Gasteiger partial charge is 0.388 e. The van der Waals surface area contributed by atoms with Gasteiger partial charge in [-0.2, -0.15) is 0 Å². The van der Waals surface area contributed by atoms with Crippen molar-refractivity contribution in [1.29, 1.82) is 0 Å². The van der Waals surface area contributed by atoms with Crippen LogP contribution in [0.15, 0.2) is 6.33 Å². The highest BCUT2D eigenvalue weighted by atomic mass is 16.3. The van der Waals surface area contributed by atoms with Crippen LogP contribution in [-0.2, 0) is 6.42 Å². The van der Waals surface area contributed by atoms with Crippen molar-refractivity contribution in [3.05, 3.63) is 11.9 Å². The highest BCUT2D eigenvalue weighted by molar-refractivity contribution is 5.59. The van der Waals surface area contributed by atoms with Crippen molar-refractivity contribution in [3.63, 3.8) is 0 Å². The maximum Gasteiger partial charge on any atom is 0.137 e. The van der Waals surface area contributed by atoms with E-state index in [0.29, 0.717) is 6.54 Å². The molecule has 0 aromatic carbocycles. The summed E-state index contributed by atoms with van der Waals surface area (Å²) in [6, 6.07) is 0. The number of hydrogen-bond acceptors (Lipinski definition) is 5. The Morgan fingerprint density at radius 3 is 2.89 bits per heavy atom. The molecule has 2 heterocycles. The number of nitrogens with zero attached hydrogens (tertiary/aromatic N) is 3. The molecule has 0 amide bonds. The first-order chi connectivity index (χ1) is 9.07. The highest BCUT2D eigenvalue weighted by Crippen LogP contribution is 2.29. The molecule has 0 bridgehead atoms. The fourth-order valence-electron chi connectivity index (χ4n) is 2.77. The molecule has 1 aliphatic heterocycles. The summed E-state index contributed by atoms with van der Waals surface area (Å²) in [6.07, 6.45) is 5.46. The van der Waals surface area contributed by atoms with Crippen molar-refractivity contribution in [3.8, 4) is 0 Å². The summed E-state index contributed by atoms with van der Waals surface area (Å²) >= 11 is 0. The molecular formula is C14H24N4O. The van der Waals surface area contributed by atoms with Crippen LogP contribution in [-0.4, -0.2) is 40.8 Å². The summed E-state index contributed by atoms with van der Waals surface area (Å²) in [4.78, 5) is 10.9. The van der Waals surface area contributed by atoms with Gasteiger partial charge in [0.15, 0.2) is 0 Å². The van der Waals surface area contributed by atoms with E-state index in [2.05, 4.69) is 27.1 Å². The minimum atomic E-state index is -0.619. The van der Waals surface area contributed by atoms with Gasteiger partial charge in [-0.15, -0.1) is 0 Å². The van der Waals surface area contributed by atoms with Crippen molar-refractivity contribution in [2.24, 2.45) is 0 Å². The van der Waals surface area contributed by atoms with Crippen molar-refractivity contribution in [2.75, 3.05) is 30.4 Å². The van der Waals surface area contributed by atoms with Crippen molar-refractivity contribution in [1.82, 2.24) is 9.97 Å². The van der Waals surface area contributed by atoms with Gasteiger partial charge in [-0.25, -0.2) is 9.97 Å². The lowest BCUT2D eigenvalue weighted by Gasteiger charge is -2.38. The zero-order chi connectivity index (χ0) is 13.9. The second-order valence-electron chi connectivity index (χ2n) is 5.55. The van der Waals surface area contributed by atoms with E-state index in [4.69, 9.17) is 0 Å². The number of piperidine rings is 1. The van der Waals surface area contributed by atoms with E-state index in [0.717, 1.165) is 49.4 Å². The molecule has 106 valence electrons. The van der Waals surface area contributed by atoms with Crippen LogP contribution in [0.5, 0.6) is 0 Å². The van der Waals surface area contributed by atoms with Crippen molar-refractivity contribution >= 4 is 11.6 Å². The summed E-state index contributed by atoms with van der Waals surface area (Å²) in [5.74, 6) is 1.87. The molecule has 1 aliphatic rings. The Morgan fingerprint density at radius 2 is 2.26 bits per heavy atom. The van der Waals surface area contributed by atoms with Gasteiger partial charge in [0, 0.05) is 25.7 Å². The molecule has 1 aromatic heterocycles. The fraction of sp³-hybridized carbons (Fsp3) is 0.714. The molecule has 1 atom stereocenters. The van der Waals surface area contributed by atoms with Gasteiger partial charge in [-0.05, 0) is 26.2 Å². The van der Waals surface area contributed by atoms with Crippen LogP contribution in [0, 0.1) is 0 Å². The number of β-amino-alcohol motifs (C(OH)–C–C–N with tert-alkyl or cyclic N) is 1. The Hall–Kier alpha value is -1.36. The van der Waals surface area contributed by atoms with E-state index < -0.39 is 5.60 Å². The van der Waals surface area contributed by atoms with E-state index in [-0.39, 0.29) is 0 Å². The summed E-state index contributed by atoms with van der Waals surface area (Å²) in [6.45, 7) is 5.65. The zero-order valence-corrected chi connectivity index (χ0v) is 12.1. The molecule has 0 spiro atoms. The summed E-state index contributed by atoms with van der Waals surface area (Å²) in [7, 11) is 1.89. The van der Waals surface area contributed by atoms with Gasteiger partial charge < -0.3 is 15.3 Å². The molecule has 1 fully saturated rings. The molecule has 0 aliphatic carbocycles. The zero-order valence-electron chi connectivity index (χ0n) is 12.1. The Morgan fingerprint density at radius 1 is 1.47 bits per heavy atom. The van der Waals surface area contributed by atoms with Gasteiger partial charge >= 0.3 is 0 Å². The Kier molecular flexibility index (Phi) is 4.24. The predicted molar refractivity (Wildman–Crippen MR) is 77.6 cm³/mol. The molecular weight excluding hydrogens is 240 g/mol. The van der Waals surface area contributed by atoms with Gasteiger partial charge in [0.25, 0.3) is 0 Å². The molecule has 0 radical (unpaired) electrons. The minimum Gasteiger partial charge on any atom is -0.388 e. The van der Waals surface area contributed by atoms with Gasteiger partial charge in [-0.3, -0.25) is 0 Å². The van der Waals surface area contributed by atoms with E-state index in [1.165, 1.54) is 0 Å². The van der Waals surface area contributed by atoms with E-state index in [1.807, 2.05) is 14.0 Å². The lowest BCUT2D eigenvalue weighted by atomic mass is 9.95. The molecule has 5 heteroatoms. The Labute approximate surface area is 115 Å². The molecule has 19 heavy (non-hydrogen) atoms. The third kappa shape index (κ3) is 3.15. The van der Waals surface area contributed by atoms with Crippen molar-refractivity contribution in [2.45, 2.75) is 45.1 Å². The smallest absolute Gasteiger partial charge is 0.137 e. The van der Waals surface area contributed by atoms with Crippen LogP contribution in [0.1, 0.15) is 38.7 Å². The van der Waals surface area contributed by atoms with Crippen LogP contribution in [0.2, 0.25) is 0 Å². The SMILES string of the molecule is CCCc1c(NC)ncnc1N1CCCC(C)(O)C1. The first-order valence-electron chi connectivity index (χ1n) is 7.06. The van der Waals surface area contributed by atoms with Gasteiger partial charge in [0.2, 0.25) is 0 Å². The lowest BCUT2D eigenvalue weighted by molar-refractivity contribution is 0.0446. The molecule has 2 rings (SSSR count). The quantitative estimate of drug-likeness (QED) is 0.868. The topological polar surface area (TPSA) is 61.3 Å². The van der Waals surface area contributed by atoms with E-state index in [1.54, 1.807) is 6.33 Å². The fourth-order valence-corrected chi connectivity index (χ4v) is 2.77. The summed E-state index contributed by atoms with van der Waals surface area (Å²) in [5, 5.41) is 13.4. The van der Waals surface area contributed by atoms with Crippen LogP contribution in [0.3, 0.4) is 0 Å². The van der Waals surface area contributed by atoms with E-state index in [9.17, 15) is 5.11 Å². The summed E-state index contributed by atoms with van der Waals surface area (Å²) < 4.78 is 0. The molecule has 1 saturated heterocycles. The first-order valence-corrected chi connectivity index (χ1v) is 7.06. The first kappa shape index (κ1) is 14.1. The predicted octanol–water partition coefficient (Wildman–Crippen LogP) is 1.82. The van der Waals surface area contributed by atoms with Crippen LogP contribution >= 0.6 is 0 Å². The van der Waals surface area contributed by atoms with Gasteiger partial charge in [0.1, 0.15) is 18.0 Å². The number of aromatic nitrogens is 2. The monoisotopic (exact) mass is 264 g/mol. The third-order valence-electron chi connectivity index (χ3n) is 3.63. The lowest BCUT2D eigenvalue weighted by Crippen LogP contribution is -2.46. The molecule has 5 nitrogen and oxygen atoms in total. The van der Waals surface area contributed by atoms with Gasteiger partial charge in [-0.1, -0.05) is 13.3 Å². The molecule has 2 N–H and O–H groups in total. The normalized spacial score (nSPS) is 23.5.